The molecular weight excluding hydrogens is 608 g/mol. The molecule has 0 aliphatic carbocycles. The van der Waals surface area contributed by atoms with Crippen LogP contribution < -0.4 is 14.9 Å². The zero-order valence-corrected chi connectivity index (χ0v) is 20.8. The van der Waals surface area contributed by atoms with Gasteiger partial charge in [-0.2, -0.15) is 18.3 Å². The molecular formula is C22H12BrCl2F7N2O2. The summed E-state index contributed by atoms with van der Waals surface area (Å²) >= 11 is 15.2. The average molecular weight is 620 g/mol. The van der Waals surface area contributed by atoms with E-state index in [1.165, 1.54) is 19.2 Å². The van der Waals surface area contributed by atoms with Crippen LogP contribution in [0.25, 0.3) is 0 Å². The van der Waals surface area contributed by atoms with Crippen LogP contribution in [0.2, 0.25) is 10.0 Å². The first-order chi connectivity index (χ1) is 16.8. The molecule has 4 nitrogen and oxygen atoms in total. The number of benzene rings is 3. The molecule has 0 heterocycles. The van der Waals surface area contributed by atoms with Crippen molar-refractivity contribution in [2.45, 2.75) is 12.8 Å². The summed E-state index contributed by atoms with van der Waals surface area (Å²) in [5, 5.41) is 4.16. The van der Waals surface area contributed by atoms with Crippen molar-refractivity contribution in [2.75, 3.05) is 12.5 Å². The molecule has 1 N–H and O–H groups in total. The van der Waals surface area contributed by atoms with Crippen LogP contribution in [0.15, 0.2) is 39.9 Å². The Morgan fingerprint density at radius 3 is 2.17 bits per heavy atom. The zero-order chi connectivity index (χ0) is 26.8. The van der Waals surface area contributed by atoms with E-state index in [2.05, 4.69) is 21.0 Å². The van der Waals surface area contributed by atoms with E-state index in [9.17, 15) is 30.7 Å². The minimum absolute atomic E-state index is 0.0877. The number of methoxy groups -OCH3 is 1. The van der Waals surface area contributed by atoms with E-state index in [-0.39, 0.29) is 23.7 Å². The van der Waals surface area contributed by atoms with E-state index in [0.29, 0.717) is 20.1 Å². The van der Waals surface area contributed by atoms with E-state index in [1.54, 1.807) is 23.6 Å². The van der Waals surface area contributed by atoms with E-state index in [4.69, 9.17) is 32.7 Å². The molecule has 0 saturated heterocycles. The highest BCUT2D eigenvalue weighted by atomic mass is 79.9. The molecule has 0 unspecified atom stereocenters. The van der Waals surface area contributed by atoms with Gasteiger partial charge in [0.1, 0.15) is 17.9 Å². The number of hydrogen-bond acceptors (Lipinski definition) is 4. The summed E-state index contributed by atoms with van der Waals surface area (Å²) in [4.78, 5) is 0. The van der Waals surface area contributed by atoms with Gasteiger partial charge in [0, 0.05) is 0 Å². The fourth-order valence-corrected chi connectivity index (χ4v) is 3.78. The van der Waals surface area contributed by atoms with E-state index < -0.39 is 40.7 Å². The Labute approximate surface area is 217 Å². The number of hydrogen-bond donors (Lipinski definition) is 1. The highest BCUT2D eigenvalue weighted by molar-refractivity contribution is 9.10. The first kappa shape index (κ1) is 27.9. The number of nitrogens with zero attached hydrogens (tertiary/aromatic N) is 1. The summed E-state index contributed by atoms with van der Waals surface area (Å²) in [6, 6.07) is 7.77. The second-order valence-corrected chi connectivity index (χ2v) is 8.61. The molecule has 3 aromatic carbocycles. The fourth-order valence-electron chi connectivity index (χ4n) is 2.89. The van der Waals surface area contributed by atoms with Gasteiger partial charge >= 0.3 is 6.18 Å². The lowest BCUT2D eigenvalue weighted by molar-refractivity contribution is -0.143. The van der Waals surface area contributed by atoms with Crippen molar-refractivity contribution in [3.05, 3.63) is 84.8 Å². The molecule has 0 radical (unpaired) electrons. The van der Waals surface area contributed by atoms with Crippen LogP contribution in [-0.4, -0.2) is 13.3 Å². The Morgan fingerprint density at radius 1 is 0.972 bits per heavy atom. The summed E-state index contributed by atoms with van der Waals surface area (Å²) in [7, 11) is 1.34. The average Bonchev–Trinajstić information content (AvgIpc) is 2.80. The van der Waals surface area contributed by atoms with Gasteiger partial charge in [0.2, 0.25) is 0 Å². The number of halogens is 10. The molecule has 0 aliphatic rings. The number of nitrogens with one attached hydrogen (secondary N) is 1. The maximum Gasteiger partial charge on any atom is 0.422 e. The van der Waals surface area contributed by atoms with E-state index in [1.807, 2.05) is 0 Å². The van der Waals surface area contributed by atoms with Crippen molar-refractivity contribution < 1.29 is 40.2 Å². The lowest BCUT2D eigenvalue weighted by Gasteiger charge is -2.14. The summed E-state index contributed by atoms with van der Waals surface area (Å²) in [5.41, 5.74) is -1.59. The maximum atomic E-state index is 14.0. The van der Waals surface area contributed by atoms with Gasteiger partial charge in [-0.1, -0.05) is 29.3 Å². The Morgan fingerprint density at radius 2 is 1.61 bits per heavy atom. The van der Waals surface area contributed by atoms with Gasteiger partial charge < -0.3 is 9.47 Å². The minimum Gasteiger partial charge on any atom is -0.493 e. The second kappa shape index (κ2) is 11.1. The molecule has 0 aliphatic heterocycles. The normalized spacial score (nSPS) is 11.8. The Balaban J connectivity index is 1.82. The van der Waals surface area contributed by atoms with Gasteiger partial charge in [-0.15, -0.1) is 0 Å². The Bertz CT molecular complexity index is 1310. The third-order valence-electron chi connectivity index (χ3n) is 4.56. The number of alkyl halides is 3. The van der Waals surface area contributed by atoms with Crippen molar-refractivity contribution in [1.82, 2.24) is 0 Å². The first-order valence-corrected chi connectivity index (χ1v) is 11.1. The Hall–Kier alpha value is -2.70. The molecule has 14 heteroatoms. The molecule has 0 aromatic heterocycles. The molecule has 3 rings (SSSR count). The van der Waals surface area contributed by atoms with Gasteiger partial charge in [-0.05, 0) is 51.3 Å². The zero-order valence-electron chi connectivity index (χ0n) is 17.7. The number of rotatable bonds is 7. The molecule has 0 spiro atoms. The Kier molecular flexibility index (Phi) is 8.63. The summed E-state index contributed by atoms with van der Waals surface area (Å²) in [6.45, 7) is 0.0877. The van der Waals surface area contributed by atoms with E-state index >= 15 is 0 Å². The summed E-state index contributed by atoms with van der Waals surface area (Å²) in [6.07, 6.45) is -4.67. The lowest BCUT2D eigenvalue weighted by Crippen LogP contribution is -2.16. The first-order valence-electron chi connectivity index (χ1n) is 9.51. The van der Waals surface area contributed by atoms with Crippen LogP contribution in [0.1, 0.15) is 16.7 Å². The SMILES string of the molecule is COc1cc(C=NNc2c(F)c(F)c(C(F)(F)F)c(F)c2F)cc(Br)c1OCc1ccc(Cl)c(Cl)c1. The van der Waals surface area contributed by atoms with Gasteiger partial charge in [-0.25, -0.2) is 17.6 Å². The van der Waals surface area contributed by atoms with Crippen LogP contribution in [0.4, 0.5) is 36.4 Å². The van der Waals surface area contributed by atoms with Crippen molar-refractivity contribution in [2.24, 2.45) is 5.10 Å². The lowest BCUT2D eigenvalue weighted by atomic mass is 10.1. The topological polar surface area (TPSA) is 42.8 Å². The van der Waals surface area contributed by atoms with Crippen molar-refractivity contribution >= 4 is 51.0 Å². The second-order valence-electron chi connectivity index (χ2n) is 6.94. The molecule has 0 fully saturated rings. The smallest absolute Gasteiger partial charge is 0.422 e. The predicted molar refractivity (Wildman–Crippen MR) is 124 cm³/mol. The molecule has 0 amide bonds. The molecule has 0 atom stereocenters. The monoisotopic (exact) mass is 618 g/mol. The van der Waals surface area contributed by atoms with Crippen LogP contribution >= 0.6 is 39.1 Å². The van der Waals surface area contributed by atoms with Gasteiger partial charge in [-0.3, -0.25) is 5.43 Å². The van der Waals surface area contributed by atoms with Crippen LogP contribution in [0.3, 0.4) is 0 Å². The number of ether oxygens (including phenoxy) is 2. The van der Waals surface area contributed by atoms with Gasteiger partial charge in [0.05, 0.1) is 27.8 Å². The third-order valence-corrected chi connectivity index (χ3v) is 5.88. The standard InChI is InChI=1S/C22H12BrCl2F7N2O2/c1-35-14-6-10(4-11(23)21(14)36-8-9-2-3-12(24)13(25)5-9)7-33-34-20-18(28)16(26)15(22(30,31)32)17(27)19(20)29/h2-7,34H,8H2,1H3. The largest absolute Gasteiger partial charge is 0.493 e. The summed E-state index contributed by atoms with van der Waals surface area (Å²) in [5.74, 6) is -9.31. The van der Waals surface area contributed by atoms with Crippen LogP contribution in [0.5, 0.6) is 11.5 Å². The number of hydrazone groups is 1. The third kappa shape index (κ3) is 5.98. The maximum absolute atomic E-state index is 14.0. The molecule has 192 valence electrons. The minimum atomic E-state index is -5.65. The molecule has 0 bridgehead atoms. The quantitative estimate of drug-likeness (QED) is 0.125. The van der Waals surface area contributed by atoms with Crippen molar-refractivity contribution in [3.63, 3.8) is 0 Å². The van der Waals surface area contributed by atoms with Crippen molar-refractivity contribution in [3.8, 4) is 11.5 Å². The van der Waals surface area contributed by atoms with Crippen molar-refractivity contribution in [1.29, 1.82) is 0 Å². The predicted octanol–water partition coefficient (Wildman–Crippen LogP) is 8.36. The molecule has 36 heavy (non-hydrogen) atoms. The fraction of sp³-hybridized carbons (Fsp3) is 0.136. The highest BCUT2D eigenvalue weighted by Crippen LogP contribution is 2.39. The van der Waals surface area contributed by atoms with Crippen LogP contribution in [0, 0.1) is 23.3 Å². The van der Waals surface area contributed by atoms with Crippen LogP contribution in [-0.2, 0) is 12.8 Å². The van der Waals surface area contributed by atoms with Gasteiger partial charge in [0.15, 0.2) is 34.8 Å². The van der Waals surface area contributed by atoms with E-state index in [0.717, 1.165) is 6.21 Å². The molecule has 0 saturated carbocycles. The van der Waals surface area contributed by atoms with Gasteiger partial charge in [0.25, 0.3) is 0 Å². The molecule has 3 aromatic rings. The number of anilines is 1. The highest BCUT2D eigenvalue weighted by Gasteiger charge is 2.42. The summed E-state index contributed by atoms with van der Waals surface area (Å²) < 4.78 is 105.